The Morgan fingerprint density at radius 3 is 2.76 bits per heavy atom. The Labute approximate surface area is 145 Å². The number of benzene rings is 1. The molecule has 1 aromatic heterocycles. The van der Waals surface area contributed by atoms with Crippen molar-refractivity contribution in [2.45, 2.75) is 6.54 Å². The number of pyridine rings is 1. The molecule has 1 amide bonds. The van der Waals surface area contributed by atoms with Crippen LogP contribution in [0.15, 0.2) is 35.5 Å². The summed E-state index contributed by atoms with van der Waals surface area (Å²) in [6.45, 7) is 0.355. The Bertz CT molecular complexity index is 877. The van der Waals surface area contributed by atoms with Gasteiger partial charge >= 0.3 is 0 Å². The minimum atomic E-state index is -0.183. The van der Waals surface area contributed by atoms with Crippen molar-refractivity contribution in [3.8, 4) is 22.8 Å². The number of aromatic nitrogens is 1. The predicted molar refractivity (Wildman–Crippen MR) is 94.8 cm³/mol. The van der Waals surface area contributed by atoms with E-state index in [2.05, 4.69) is 9.98 Å². The molecule has 0 bridgehead atoms. The third-order valence-electron chi connectivity index (χ3n) is 4.02. The molecule has 0 atom stereocenters. The maximum atomic E-state index is 12.4. The van der Waals surface area contributed by atoms with Crippen molar-refractivity contribution in [2.75, 3.05) is 21.3 Å². The molecule has 2 aromatic rings. The number of amides is 1. The second kappa shape index (κ2) is 6.72. The Morgan fingerprint density at radius 1 is 1.28 bits per heavy atom. The molecule has 2 heterocycles. The second-order valence-corrected chi connectivity index (χ2v) is 5.47. The lowest BCUT2D eigenvalue weighted by molar-refractivity contribution is 0.0867. The van der Waals surface area contributed by atoms with E-state index in [0.717, 1.165) is 16.7 Å². The highest BCUT2D eigenvalue weighted by molar-refractivity contribution is 6.33. The number of hydrogen-bond donors (Lipinski definition) is 1. The van der Waals surface area contributed by atoms with E-state index < -0.39 is 0 Å². The lowest BCUT2D eigenvalue weighted by Crippen LogP contribution is -2.31. The molecule has 128 valence electrons. The van der Waals surface area contributed by atoms with Crippen LogP contribution in [0.1, 0.15) is 15.9 Å². The van der Waals surface area contributed by atoms with E-state index in [9.17, 15) is 4.79 Å². The first kappa shape index (κ1) is 16.6. The topological polar surface area (TPSA) is 87.9 Å². The Hall–Kier alpha value is -3.22. The summed E-state index contributed by atoms with van der Waals surface area (Å²) < 4.78 is 10.4. The molecule has 0 radical (unpaired) electrons. The summed E-state index contributed by atoms with van der Waals surface area (Å²) in [6.07, 6.45) is 3.06. The van der Waals surface area contributed by atoms with Crippen LogP contribution in [-0.2, 0) is 6.54 Å². The van der Waals surface area contributed by atoms with Gasteiger partial charge in [0.2, 0.25) is 0 Å². The lowest BCUT2D eigenvalue weighted by Gasteiger charge is -2.12. The summed E-state index contributed by atoms with van der Waals surface area (Å²) in [5.41, 5.74) is 3.24. The van der Waals surface area contributed by atoms with Crippen molar-refractivity contribution in [3.63, 3.8) is 0 Å². The first-order valence-electron chi connectivity index (χ1n) is 7.63. The van der Waals surface area contributed by atoms with Crippen LogP contribution in [0.3, 0.4) is 0 Å². The fourth-order valence-electron chi connectivity index (χ4n) is 2.78. The molecule has 7 nitrogen and oxygen atoms in total. The number of aliphatic imine (C=N–C) groups is 1. The van der Waals surface area contributed by atoms with E-state index in [4.69, 9.17) is 14.9 Å². The zero-order valence-electron chi connectivity index (χ0n) is 14.2. The van der Waals surface area contributed by atoms with E-state index >= 15 is 0 Å². The van der Waals surface area contributed by atoms with Gasteiger partial charge < -0.3 is 9.47 Å². The molecular formula is C18H18N4O3. The zero-order valence-corrected chi connectivity index (χ0v) is 14.2. The molecule has 0 saturated carbocycles. The van der Waals surface area contributed by atoms with Crippen LogP contribution >= 0.6 is 0 Å². The number of nitrogens with one attached hydrogen (secondary N) is 1. The summed E-state index contributed by atoms with van der Waals surface area (Å²) in [7, 11) is 4.67. The average Bonchev–Trinajstić information content (AvgIpc) is 2.97. The van der Waals surface area contributed by atoms with Gasteiger partial charge in [-0.2, -0.15) is 0 Å². The van der Waals surface area contributed by atoms with Gasteiger partial charge in [0.15, 0.2) is 5.75 Å². The number of ether oxygens (including phenoxy) is 2. The molecule has 1 aromatic carbocycles. The first-order chi connectivity index (χ1) is 12.1. The number of nitrogens with zero attached hydrogens (tertiary/aromatic N) is 3. The van der Waals surface area contributed by atoms with E-state index in [1.54, 1.807) is 26.4 Å². The van der Waals surface area contributed by atoms with Gasteiger partial charge in [0.1, 0.15) is 5.84 Å². The van der Waals surface area contributed by atoms with Crippen LogP contribution in [-0.4, -0.2) is 49.1 Å². The maximum Gasteiger partial charge on any atom is 0.260 e. The molecule has 7 heteroatoms. The minimum Gasteiger partial charge on any atom is -0.491 e. The van der Waals surface area contributed by atoms with E-state index in [0.29, 0.717) is 23.7 Å². The number of fused-ring (bicyclic) bond motifs is 1. The molecule has 1 N–H and O–H groups in total. The Kier molecular flexibility index (Phi) is 4.47. The monoisotopic (exact) mass is 338 g/mol. The van der Waals surface area contributed by atoms with Gasteiger partial charge in [-0.15, -0.1) is 0 Å². The maximum absolute atomic E-state index is 12.4. The first-order valence-corrected chi connectivity index (χ1v) is 7.63. The fourth-order valence-corrected chi connectivity index (χ4v) is 2.78. The highest BCUT2D eigenvalue weighted by atomic mass is 16.5. The molecule has 0 fully saturated rings. The molecule has 0 saturated heterocycles. The van der Waals surface area contributed by atoms with E-state index in [-0.39, 0.29) is 11.7 Å². The van der Waals surface area contributed by atoms with Gasteiger partial charge in [0.05, 0.1) is 27.0 Å². The van der Waals surface area contributed by atoms with Gasteiger partial charge in [-0.1, -0.05) is 6.07 Å². The Balaban J connectivity index is 1.95. The van der Waals surface area contributed by atoms with Gasteiger partial charge in [0, 0.05) is 24.4 Å². The van der Waals surface area contributed by atoms with Gasteiger partial charge in [-0.25, -0.2) is 4.98 Å². The average molecular weight is 338 g/mol. The van der Waals surface area contributed by atoms with E-state index in [1.807, 2.05) is 18.2 Å². The molecule has 25 heavy (non-hydrogen) atoms. The van der Waals surface area contributed by atoms with Crippen LogP contribution in [0.5, 0.6) is 11.6 Å². The van der Waals surface area contributed by atoms with Crippen molar-refractivity contribution >= 4 is 18.0 Å². The molecule has 3 rings (SSSR count). The summed E-state index contributed by atoms with van der Waals surface area (Å²) in [4.78, 5) is 21.9. The summed E-state index contributed by atoms with van der Waals surface area (Å²) >= 11 is 0. The molecule has 0 aliphatic carbocycles. The smallest absolute Gasteiger partial charge is 0.260 e. The van der Waals surface area contributed by atoms with Crippen molar-refractivity contribution in [1.82, 2.24) is 9.88 Å². The number of amidine groups is 1. The van der Waals surface area contributed by atoms with Gasteiger partial charge in [-0.05, 0) is 29.3 Å². The number of methoxy groups -OCH3 is 2. The van der Waals surface area contributed by atoms with E-state index in [1.165, 1.54) is 18.2 Å². The minimum absolute atomic E-state index is 0.0815. The summed E-state index contributed by atoms with van der Waals surface area (Å²) in [5.74, 6) is 0.857. The number of carbonyl (C=O) groups excluding carboxylic acids is 1. The second-order valence-electron chi connectivity index (χ2n) is 5.47. The zero-order chi connectivity index (χ0) is 18.0. The SMILES string of the molecule is C/N=C\C(=N)N1Cc2cc(-c3cnc(OC)c(OC)c3)ccc2C1=O. The van der Waals surface area contributed by atoms with Crippen LogP contribution in [0.4, 0.5) is 0 Å². The molecule has 0 spiro atoms. The third-order valence-corrected chi connectivity index (χ3v) is 4.02. The van der Waals surface area contributed by atoms with Crippen molar-refractivity contribution < 1.29 is 14.3 Å². The van der Waals surface area contributed by atoms with Crippen LogP contribution in [0.2, 0.25) is 0 Å². The molecular weight excluding hydrogens is 320 g/mol. The number of rotatable bonds is 4. The molecule has 0 unspecified atom stereocenters. The fraction of sp³-hybridized carbons (Fsp3) is 0.222. The quantitative estimate of drug-likeness (QED) is 0.685. The summed E-state index contributed by atoms with van der Waals surface area (Å²) in [5, 5.41) is 7.92. The molecule has 1 aliphatic heterocycles. The highest BCUT2D eigenvalue weighted by Gasteiger charge is 2.29. The van der Waals surface area contributed by atoms with Crippen LogP contribution in [0.25, 0.3) is 11.1 Å². The number of hydrogen-bond acceptors (Lipinski definition) is 6. The summed E-state index contributed by atoms with van der Waals surface area (Å²) in [6, 6.07) is 7.42. The standard InChI is InChI=1S/C18H18N4O3/c1-20-9-16(19)22-10-13-6-11(4-5-14(13)18(22)23)12-7-15(24-2)17(25-3)21-8-12/h4-9,19H,10H2,1-3H3/b19-16?,20-9-. The van der Waals surface area contributed by atoms with Crippen molar-refractivity contribution in [3.05, 3.63) is 41.6 Å². The highest BCUT2D eigenvalue weighted by Crippen LogP contribution is 2.32. The van der Waals surface area contributed by atoms with Gasteiger partial charge in [0.25, 0.3) is 11.8 Å². The van der Waals surface area contributed by atoms with Crippen molar-refractivity contribution in [2.24, 2.45) is 4.99 Å². The predicted octanol–water partition coefficient (Wildman–Crippen LogP) is 2.40. The normalized spacial score (nSPS) is 13.2. The number of carbonyl (C=O) groups is 1. The Morgan fingerprint density at radius 2 is 2.08 bits per heavy atom. The largest absolute Gasteiger partial charge is 0.491 e. The van der Waals surface area contributed by atoms with Crippen LogP contribution < -0.4 is 9.47 Å². The lowest BCUT2D eigenvalue weighted by atomic mass is 10.0. The molecule has 1 aliphatic rings. The van der Waals surface area contributed by atoms with Crippen LogP contribution in [0, 0.1) is 5.41 Å². The van der Waals surface area contributed by atoms with Gasteiger partial charge in [-0.3, -0.25) is 20.1 Å². The van der Waals surface area contributed by atoms with Crippen molar-refractivity contribution in [1.29, 1.82) is 5.41 Å². The third kappa shape index (κ3) is 2.96.